The van der Waals surface area contributed by atoms with Gasteiger partial charge in [0.15, 0.2) is 0 Å². The number of sulfonamides is 1. The number of hydrogen-bond acceptors (Lipinski definition) is 6. The van der Waals surface area contributed by atoms with E-state index in [1.807, 2.05) is 38.3 Å². The molecule has 1 amide bonds. The Hall–Kier alpha value is -2.72. The van der Waals surface area contributed by atoms with Gasteiger partial charge in [-0.15, -0.1) is 11.3 Å². The van der Waals surface area contributed by atoms with Crippen LogP contribution >= 0.6 is 11.3 Å². The summed E-state index contributed by atoms with van der Waals surface area (Å²) >= 11 is 1.69. The van der Waals surface area contributed by atoms with Crippen molar-refractivity contribution in [1.29, 1.82) is 0 Å². The first-order valence-electron chi connectivity index (χ1n) is 13.5. The molecule has 7 nitrogen and oxygen atoms in total. The lowest BCUT2D eigenvalue weighted by molar-refractivity contribution is -0.135. The van der Waals surface area contributed by atoms with Crippen LogP contribution in [0.15, 0.2) is 58.8 Å². The maximum atomic E-state index is 13.9. The molecule has 0 saturated carbocycles. The Bertz CT molecular complexity index is 1410. The molecule has 1 saturated heterocycles. The summed E-state index contributed by atoms with van der Waals surface area (Å²) in [7, 11) is -3.89. The second-order valence-electron chi connectivity index (χ2n) is 10.5. The SMILES string of the molecule is Cc1ccc(S(=O)(=O)N(CC(=O)N2CCc3sccc3C2COc2ccc(C)cc2C)CC2CCCO2)cc1. The van der Waals surface area contributed by atoms with Crippen molar-refractivity contribution in [2.75, 3.05) is 32.8 Å². The van der Waals surface area contributed by atoms with E-state index in [2.05, 4.69) is 12.1 Å². The van der Waals surface area contributed by atoms with E-state index < -0.39 is 10.0 Å². The summed E-state index contributed by atoms with van der Waals surface area (Å²) in [6.45, 7) is 7.33. The van der Waals surface area contributed by atoms with E-state index in [-0.39, 0.29) is 36.0 Å². The number of aryl methyl sites for hydroxylation is 3. The Morgan fingerprint density at radius 3 is 2.59 bits per heavy atom. The summed E-state index contributed by atoms with van der Waals surface area (Å²) in [5.74, 6) is 0.562. The fourth-order valence-electron chi connectivity index (χ4n) is 5.37. The van der Waals surface area contributed by atoms with E-state index in [4.69, 9.17) is 9.47 Å². The van der Waals surface area contributed by atoms with Gasteiger partial charge in [-0.3, -0.25) is 4.79 Å². The van der Waals surface area contributed by atoms with Gasteiger partial charge in [-0.2, -0.15) is 4.31 Å². The molecule has 0 bridgehead atoms. The first-order valence-corrected chi connectivity index (χ1v) is 15.8. The maximum Gasteiger partial charge on any atom is 0.243 e. The van der Waals surface area contributed by atoms with Crippen LogP contribution in [0.4, 0.5) is 0 Å². The van der Waals surface area contributed by atoms with Gasteiger partial charge in [0.25, 0.3) is 0 Å². The topological polar surface area (TPSA) is 76.2 Å². The van der Waals surface area contributed by atoms with Crippen LogP contribution in [-0.2, 0) is 26.0 Å². The molecular formula is C30H36N2O5S2. The largest absolute Gasteiger partial charge is 0.491 e. The van der Waals surface area contributed by atoms with E-state index in [0.29, 0.717) is 19.8 Å². The summed E-state index contributed by atoms with van der Waals surface area (Å²) in [6, 6.07) is 14.6. The van der Waals surface area contributed by atoms with Crippen LogP contribution < -0.4 is 4.74 Å². The van der Waals surface area contributed by atoms with E-state index in [1.54, 1.807) is 40.5 Å². The molecule has 0 spiro atoms. The predicted molar refractivity (Wildman–Crippen MR) is 153 cm³/mol. The highest BCUT2D eigenvalue weighted by molar-refractivity contribution is 7.89. The van der Waals surface area contributed by atoms with Crippen LogP contribution in [0.2, 0.25) is 0 Å². The van der Waals surface area contributed by atoms with Gasteiger partial charge in [-0.1, -0.05) is 35.4 Å². The van der Waals surface area contributed by atoms with Gasteiger partial charge in [0.1, 0.15) is 12.4 Å². The molecule has 208 valence electrons. The molecule has 2 unspecified atom stereocenters. The van der Waals surface area contributed by atoms with Crippen LogP contribution in [0.5, 0.6) is 5.75 Å². The van der Waals surface area contributed by atoms with Crippen molar-refractivity contribution in [1.82, 2.24) is 9.21 Å². The molecule has 9 heteroatoms. The molecule has 0 N–H and O–H groups in total. The minimum Gasteiger partial charge on any atom is -0.491 e. The average Bonchev–Trinajstić information content (AvgIpc) is 3.60. The highest BCUT2D eigenvalue weighted by Gasteiger charge is 2.36. The number of benzene rings is 2. The minimum absolute atomic E-state index is 0.156. The molecule has 0 aliphatic carbocycles. The second-order valence-corrected chi connectivity index (χ2v) is 13.4. The van der Waals surface area contributed by atoms with Gasteiger partial charge in [-0.25, -0.2) is 8.42 Å². The quantitative estimate of drug-likeness (QED) is 0.361. The van der Waals surface area contributed by atoms with E-state index in [9.17, 15) is 13.2 Å². The highest BCUT2D eigenvalue weighted by atomic mass is 32.2. The first-order chi connectivity index (χ1) is 18.7. The number of rotatable bonds is 9. The third-order valence-electron chi connectivity index (χ3n) is 7.54. The molecule has 5 rings (SSSR count). The lowest BCUT2D eigenvalue weighted by atomic mass is 10.0. The smallest absolute Gasteiger partial charge is 0.243 e. The number of hydrogen-bond donors (Lipinski definition) is 0. The number of ether oxygens (including phenoxy) is 2. The summed E-state index contributed by atoms with van der Waals surface area (Å²) in [4.78, 5) is 17.1. The van der Waals surface area contributed by atoms with E-state index in [1.165, 1.54) is 9.18 Å². The van der Waals surface area contributed by atoms with Crippen molar-refractivity contribution >= 4 is 27.3 Å². The molecule has 0 radical (unpaired) electrons. The van der Waals surface area contributed by atoms with Gasteiger partial charge in [-0.05, 0) is 80.8 Å². The zero-order chi connectivity index (χ0) is 27.6. The molecular weight excluding hydrogens is 532 g/mol. The van der Waals surface area contributed by atoms with Crippen molar-refractivity contribution in [3.8, 4) is 5.75 Å². The molecule has 3 aromatic rings. The normalized spacial score (nSPS) is 19.3. The van der Waals surface area contributed by atoms with E-state index in [0.717, 1.165) is 47.3 Å². The molecule has 2 aliphatic heterocycles. The van der Waals surface area contributed by atoms with Crippen molar-refractivity contribution in [2.24, 2.45) is 0 Å². The second kappa shape index (κ2) is 11.8. The van der Waals surface area contributed by atoms with Crippen molar-refractivity contribution < 1.29 is 22.7 Å². The van der Waals surface area contributed by atoms with Gasteiger partial charge in [0.2, 0.25) is 15.9 Å². The maximum absolute atomic E-state index is 13.9. The fraction of sp³-hybridized carbons (Fsp3) is 0.433. The van der Waals surface area contributed by atoms with Crippen LogP contribution in [-0.4, -0.2) is 62.5 Å². The van der Waals surface area contributed by atoms with Crippen LogP contribution in [0.1, 0.15) is 46.0 Å². The summed E-state index contributed by atoms with van der Waals surface area (Å²) in [5, 5.41) is 2.05. The standard InChI is InChI=1S/C30H36N2O5S2/c1-21-6-9-25(10-7-21)39(34,35)31(18-24-5-4-15-36-24)19-30(33)32-14-12-29-26(13-16-38-29)27(32)20-37-28-11-8-22(2)17-23(28)3/h6-11,13,16-17,24,27H,4-5,12,14-15,18-20H2,1-3H3. The Balaban J connectivity index is 1.39. The lowest BCUT2D eigenvalue weighted by Gasteiger charge is -2.37. The molecule has 1 aromatic heterocycles. The molecule has 2 aromatic carbocycles. The average molecular weight is 569 g/mol. The third-order valence-corrected chi connectivity index (χ3v) is 10.4. The van der Waals surface area contributed by atoms with E-state index >= 15 is 0 Å². The van der Waals surface area contributed by atoms with Crippen molar-refractivity contribution in [2.45, 2.75) is 57.1 Å². The number of carbonyl (C=O) groups excluding carboxylic acids is 1. The van der Waals surface area contributed by atoms with Crippen molar-refractivity contribution in [3.63, 3.8) is 0 Å². The number of amides is 1. The molecule has 39 heavy (non-hydrogen) atoms. The zero-order valence-corrected chi connectivity index (χ0v) is 24.4. The Morgan fingerprint density at radius 1 is 1.10 bits per heavy atom. The Morgan fingerprint density at radius 2 is 1.87 bits per heavy atom. The number of thiophene rings is 1. The van der Waals surface area contributed by atoms with Gasteiger partial charge >= 0.3 is 0 Å². The number of carbonyl (C=O) groups is 1. The lowest BCUT2D eigenvalue weighted by Crippen LogP contribution is -2.49. The molecule has 2 atom stereocenters. The molecule has 3 heterocycles. The number of fused-ring (bicyclic) bond motifs is 1. The predicted octanol–water partition coefficient (Wildman–Crippen LogP) is 5.05. The zero-order valence-electron chi connectivity index (χ0n) is 22.8. The van der Waals surface area contributed by atoms with Crippen LogP contribution in [0.3, 0.4) is 0 Å². The van der Waals surface area contributed by atoms with Gasteiger partial charge < -0.3 is 14.4 Å². The Labute approximate surface area is 235 Å². The first kappa shape index (κ1) is 27.8. The molecule has 2 aliphatic rings. The highest BCUT2D eigenvalue weighted by Crippen LogP contribution is 2.35. The van der Waals surface area contributed by atoms with Gasteiger partial charge in [0, 0.05) is 24.6 Å². The summed E-state index contributed by atoms with van der Waals surface area (Å²) in [5.41, 5.74) is 4.26. The van der Waals surface area contributed by atoms with Crippen LogP contribution in [0, 0.1) is 20.8 Å². The minimum atomic E-state index is -3.89. The monoisotopic (exact) mass is 568 g/mol. The molecule has 1 fully saturated rings. The van der Waals surface area contributed by atoms with Crippen LogP contribution in [0.25, 0.3) is 0 Å². The van der Waals surface area contributed by atoms with Gasteiger partial charge in [0.05, 0.1) is 23.6 Å². The number of nitrogens with zero attached hydrogens (tertiary/aromatic N) is 2. The Kier molecular flexibility index (Phi) is 8.42. The third kappa shape index (κ3) is 6.22. The summed E-state index contributed by atoms with van der Waals surface area (Å²) < 4.78 is 40.8. The summed E-state index contributed by atoms with van der Waals surface area (Å²) in [6.07, 6.45) is 2.20. The van der Waals surface area contributed by atoms with Crippen molar-refractivity contribution in [3.05, 3.63) is 81.0 Å². The fourth-order valence-corrected chi connectivity index (χ4v) is 7.72.